The topological polar surface area (TPSA) is 73.8 Å². The number of benzene rings is 1. The van der Waals surface area contributed by atoms with Gasteiger partial charge in [-0.15, -0.1) is 4.40 Å². The quantitative estimate of drug-likeness (QED) is 0.739. The lowest BCUT2D eigenvalue weighted by Gasteiger charge is -2.42. The molecule has 1 aliphatic carbocycles. The lowest BCUT2D eigenvalue weighted by Crippen LogP contribution is -2.61. The summed E-state index contributed by atoms with van der Waals surface area (Å²) in [5.41, 5.74) is -0.144. The van der Waals surface area contributed by atoms with Gasteiger partial charge in [-0.05, 0) is 31.9 Å². The average Bonchev–Trinajstić information content (AvgIpc) is 3.38. The second-order valence-corrected chi connectivity index (χ2v) is 8.74. The minimum atomic E-state index is -4.56. The number of hydrogen-bond donors (Lipinski definition) is 2. The summed E-state index contributed by atoms with van der Waals surface area (Å²) < 4.78 is 83.6. The van der Waals surface area contributed by atoms with Gasteiger partial charge in [-0.25, -0.2) is 4.39 Å². The Hall–Kier alpha value is -1.88. The molecule has 2 fully saturated rings. The molecule has 0 radical (unpaired) electrons. The van der Waals surface area contributed by atoms with Crippen molar-refractivity contribution in [2.24, 2.45) is 10.3 Å². The van der Waals surface area contributed by atoms with Gasteiger partial charge >= 0.3 is 6.18 Å². The molecule has 1 aromatic rings. The molecule has 6 nitrogen and oxygen atoms in total. The summed E-state index contributed by atoms with van der Waals surface area (Å²) in [4.78, 5) is 0.593. The van der Waals surface area contributed by atoms with Crippen LogP contribution in [0.15, 0.2) is 21.4 Å². The van der Waals surface area contributed by atoms with Gasteiger partial charge in [0, 0.05) is 25.0 Å². The van der Waals surface area contributed by atoms with Gasteiger partial charge in [0.25, 0.3) is 10.0 Å². The molecule has 3 aliphatic rings. The van der Waals surface area contributed by atoms with E-state index in [1.54, 1.807) is 6.92 Å². The number of sulfonamides is 1. The van der Waals surface area contributed by atoms with Crippen LogP contribution in [0.3, 0.4) is 0 Å². The fourth-order valence-electron chi connectivity index (χ4n) is 3.46. The molecule has 2 atom stereocenters. The van der Waals surface area contributed by atoms with Gasteiger partial charge in [0.15, 0.2) is 0 Å². The van der Waals surface area contributed by atoms with Crippen molar-refractivity contribution in [2.45, 2.75) is 42.9 Å². The van der Waals surface area contributed by atoms with Crippen molar-refractivity contribution in [3.05, 3.63) is 17.9 Å². The number of fused-ring (bicyclic) bond motifs is 1. The normalized spacial score (nSPS) is 27.6. The van der Waals surface area contributed by atoms with E-state index in [0.717, 1.165) is 29.9 Å². The summed E-state index contributed by atoms with van der Waals surface area (Å²) in [6.45, 7) is 1.30. The zero-order valence-corrected chi connectivity index (χ0v) is 15.2. The van der Waals surface area contributed by atoms with Crippen LogP contribution >= 0.6 is 0 Å². The van der Waals surface area contributed by atoms with Crippen molar-refractivity contribution in [1.29, 1.82) is 0 Å². The summed E-state index contributed by atoms with van der Waals surface area (Å²) in [6, 6.07) is -0.428. The summed E-state index contributed by atoms with van der Waals surface area (Å²) in [5, 5.41) is 5.64. The van der Waals surface area contributed by atoms with Crippen molar-refractivity contribution < 1.29 is 26.0 Å². The molecule has 2 aliphatic heterocycles. The number of nitrogens with one attached hydrogen (secondary N) is 2. The maximum atomic E-state index is 14.2. The molecule has 11 heteroatoms. The van der Waals surface area contributed by atoms with E-state index in [0.29, 0.717) is 0 Å². The Balaban J connectivity index is 1.86. The van der Waals surface area contributed by atoms with E-state index in [1.807, 2.05) is 0 Å². The summed E-state index contributed by atoms with van der Waals surface area (Å²) >= 11 is 0. The lowest BCUT2D eigenvalue weighted by atomic mass is 10.1. The molecule has 0 bridgehead atoms. The highest BCUT2D eigenvalue weighted by Crippen LogP contribution is 2.43. The molecule has 148 valence electrons. The molecule has 2 N–H and O–H groups in total. The Labute approximate surface area is 153 Å². The number of rotatable bonds is 2. The molecule has 1 aromatic carbocycles. The minimum Gasteiger partial charge on any atom is -0.355 e. The number of anilines is 2. The summed E-state index contributed by atoms with van der Waals surface area (Å²) in [5.74, 6) is -0.778. The van der Waals surface area contributed by atoms with Crippen LogP contribution in [0.1, 0.15) is 19.8 Å². The molecular weight excluding hydrogens is 388 g/mol. The molecule has 2 heterocycles. The number of piperazine rings is 1. The first-order chi connectivity index (χ1) is 12.6. The van der Waals surface area contributed by atoms with Crippen LogP contribution in [0.25, 0.3) is 0 Å². The highest BCUT2D eigenvalue weighted by Gasteiger charge is 2.47. The van der Waals surface area contributed by atoms with Gasteiger partial charge in [-0.2, -0.15) is 21.6 Å². The highest BCUT2D eigenvalue weighted by atomic mass is 32.2. The maximum absolute atomic E-state index is 14.2. The van der Waals surface area contributed by atoms with Crippen molar-refractivity contribution in [2.75, 3.05) is 23.3 Å². The third-order valence-electron chi connectivity index (χ3n) is 4.95. The van der Waals surface area contributed by atoms with Gasteiger partial charge in [0.2, 0.25) is 0 Å². The Bertz CT molecular complexity index is 912. The van der Waals surface area contributed by atoms with E-state index in [2.05, 4.69) is 15.0 Å². The first-order valence-electron chi connectivity index (χ1n) is 8.58. The van der Waals surface area contributed by atoms with E-state index >= 15 is 0 Å². The molecule has 0 amide bonds. The lowest BCUT2D eigenvalue weighted by molar-refractivity contribution is -0.150. The molecule has 1 saturated heterocycles. The third-order valence-corrected chi connectivity index (χ3v) is 6.27. The minimum absolute atomic E-state index is 0.0309. The van der Waals surface area contributed by atoms with Crippen molar-refractivity contribution >= 4 is 27.2 Å². The summed E-state index contributed by atoms with van der Waals surface area (Å²) in [7, 11) is -4.18. The van der Waals surface area contributed by atoms with Gasteiger partial charge < -0.3 is 15.5 Å². The molecule has 0 aromatic heterocycles. The average molecular weight is 406 g/mol. The molecule has 0 spiro atoms. The zero-order valence-electron chi connectivity index (χ0n) is 14.3. The van der Waals surface area contributed by atoms with Crippen LogP contribution < -0.4 is 15.5 Å². The molecule has 1 saturated carbocycles. The number of halogens is 4. The SMILES string of the molecule is C[C@H]1CN(c2cc(F)cc3c2NC(C2CC2)=NS3(=O)=O)[C@@H](C(F)(F)F)CN1. The summed E-state index contributed by atoms with van der Waals surface area (Å²) in [6.07, 6.45) is -3.06. The second kappa shape index (κ2) is 6.06. The predicted molar refractivity (Wildman–Crippen MR) is 92.0 cm³/mol. The second-order valence-electron chi connectivity index (χ2n) is 7.17. The fourth-order valence-corrected chi connectivity index (χ4v) is 4.68. The number of alkyl halides is 3. The number of hydrogen-bond acceptors (Lipinski definition) is 5. The van der Waals surface area contributed by atoms with Crippen LogP contribution in [-0.4, -0.2) is 45.6 Å². The largest absolute Gasteiger partial charge is 0.409 e. The predicted octanol–water partition coefficient (Wildman–Crippen LogP) is 2.48. The number of amidine groups is 1. The van der Waals surface area contributed by atoms with Crippen LogP contribution in [0.5, 0.6) is 0 Å². The Morgan fingerprint density at radius 3 is 2.59 bits per heavy atom. The monoisotopic (exact) mass is 406 g/mol. The van der Waals surface area contributed by atoms with E-state index in [-0.39, 0.29) is 42.3 Å². The van der Waals surface area contributed by atoms with Gasteiger partial charge in [-0.3, -0.25) is 0 Å². The number of nitrogens with zero attached hydrogens (tertiary/aromatic N) is 2. The van der Waals surface area contributed by atoms with Crippen LogP contribution in [0, 0.1) is 11.7 Å². The standard InChI is InChI=1S/C16H18F4N4O2S/c1-8-7-24(13(6-21-8)16(18,19)20)11-4-10(17)5-12-14(11)22-15(9-2-3-9)23-27(12,25)26/h4-5,8-9,13,21H,2-3,6-7H2,1H3,(H,22,23)/t8-,13+/m0/s1. The van der Waals surface area contributed by atoms with Crippen molar-refractivity contribution in [3.63, 3.8) is 0 Å². The molecule has 0 unspecified atom stereocenters. The van der Waals surface area contributed by atoms with E-state index in [1.165, 1.54) is 0 Å². The zero-order chi connectivity index (χ0) is 19.6. The van der Waals surface area contributed by atoms with Crippen LogP contribution in [0.2, 0.25) is 0 Å². The molecular formula is C16H18F4N4O2S. The van der Waals surface area contributed by atoms with Gasteiger partial charge in [0.1, 0.15) is 22.6 Å². The highest BCUT2D eigenvalue weighted by molar-refractivity contribution is 7.90. The first kappa shape index (κ1) is 18.5. The first-order valence-corrected chi connectivity index (χ1v) is 10.0. The Kier molecular flexibility index (Phi) is 4.15. The Morgan fingerprint density at radius 1 is 1.26 bits per heavy atom. The van der Waals surface area contributed by atoms with E-state index < -0.39 is 33.0 Å². The van der Waals surface area contributed by atoms with E-state index in [9.17, 15) is 26.0 Å². The molecule has 4 rings (SSSR count). The van der Waals surface area contributed by atoms with Gasteiger partial charge in [0.05, 0.1) is 11.4 Å². The fraction of sp³-hybridized carbons (Fsp3) is 0.562. The Morgan fingerprint density at radius 2 is 1.96 bits per heavy atom. The third kappa shape index (κ3) is 3.38. The van der Waals surface area contributed by atoms with Crippen molar-refractivity contribution in [1.82, 2.24) is 5.32 Å². The van der Waals surface area contributed by atoms with Crippen molar-refractivity contribution in [3.8, 4) is 0 Å². The molecule has 27 heavy (non-hydrogen) atoms. The van der Waals surface area contributed by atoms with E-state index in [4.69, 9.17) is 0 Å². The van der Waals surface area contributed by atoms with Gasteiger partial charge in [-0.1, -0.05) is 0 Å². The smallest absolute Gasteiger partial charge is 0.355 e. The maximum Gasteiger partial charge on any atom is 0.409 e. The van der Waals surface area contributed by atoms with Crippen LogP contribution in [-0.2, 0) is 10.0 Å². The van der Waals surface area contributed by atoms with Crippen LogP contribution in [0.4, 0.5) is 28.9 Å².